The molecule has 7 nitrogen and oxygen atoms in total. The fourth-order valence-electron chi connectivity index (χ4n) is 3.98. The fourth-order valence-corrected chi connectivity index (χ4v) is 7.21. The lowest BCUT2D eigenvalue weighted by Gasteiger charge is -2.36. The Morgan fingerprint density at radius 3 is 2.66 bits per heavy atom. The Balaban J connectivity index is 1.61. The lowest BCUT2D eigenvalue weighted by atomic mass is 9.86. The molecule has 1 heterocycles. The number of aromatic nitrogens is 1. The highest BCUT2D eigenvalue weighted by Gasteiger charge is 2.30. The normalized spacial score (nSPS) is 18.2. The maximum atomic E-state index is 13.3. The van der Waals surface area contributed by atoms with Crippen LogP contribution in [0.3, 0.4) is 0 Å². The van der Waals surface area contributed by atoms with Gasteiger partial charge in [0.05, 0.1) is 17.5 Å². The second-order valence-electron chi connectivity index (χ2n) is 9.29. The molecule has 1 saturated carbocycles. The van der Waals surface area contributed by atoms with Crippen molar-refractivity contribution in [3.63, 3.8) is 0 Å². The van der Waals surface area contributed by atoms with Crippen LogP contribution in [0, 0.1) is 5.92 Å². The highest BCUT2D eigenvalue weighted by molar-refractivity contribution is 8.03. The largest absolute Gasteiger partial charge is 0.496 e. The third-order valence-corrected chi connectivity index (χ3v) is 9.47. The van der Waals surface area contributed by atoms with E-state index in [4.69, 9.17) is 4.74 Å². The molecule has 0 saturated heterocycles. The number of amides is 2. The van der Waals surface area contributed by atoms with E-state index in [1.54, 1.807) is 38.9 Å². The van der Waals surface area contributed by atoms with Crippen molar-refractivity contribution < 1.29 is 19.4 Å². The summed E-state index contributed by atoms with van der Waals surface area (Å²) in [5.41, 5.74) is 0. The maximum absolute atomic E-state index is 13.3. The Hall–Kier alpha value is -1.91. The number of nitrogens with zero attached hydrogens (tertiary/aromatic N) is 2. The predicted octanol–water partition coefficient (Wildman–Crippen LogP) is 6.70. The Labute approximate surface area is 220 Å². The molecule has 2 N–H and O–H groups in total. The molecule has 1 aliphatic carbocycles. The number of methoxy groups -OCH3 is 1. The minimum Gasteiger partial charge on any atom is -0.496 e. The van der Waals surface area contributed by atoms with Gasteiger partial charge in [0.25, 0.3) is 0 Å². The third kappa shape index (κ3) is 8.05. The van der Waals surface area contributed by atoms with Gasteiger partial charge < -0.3 is 14.7 Å². The van der Waals surface area contributed by atoms with E-state index in [0.717, 1.165) is 52.7 Å². The minimum absolute atomic E-state index is 0.129. The maximum Gasteiger partial charge on any atom is 0.323 e. The topological polar surface area (TPSA) is 91.8 Å². The van der Waals surface area contributed by atoms with Gasteiger partial charge in [-0.05, 0) is 69.8 Å². The Bertz CT molecular complexity index is 990. The Morgan fingerprint density at radius 2 is 1.97 bits per heavy atom. The van der Waals surface area contributed by atoms with E-state index in [0.29, 0.717) is 17.6 Å². The van der Waals surface area contributed by atoms with E-state index in [1.807, 2.05) is 23.1 Å². The van der Waals surface area contributed by atoms with Crippen LogP contribution in [0.15, 0.2) is 39.6 Å². The quantitative estimate of drug-likeness (QED) is 0.243. The lowest BCUT2D eigenvalue weighted by Crippen LogP contribution is -2.45. The van der Waals surface area contributed by atoms with Crippen LogP contribution in [0.5, 0.6) is 5.75 Å². The fraction of sp³-hybridized carbons (Fsp3) is 0.560. The summed E-state index contributed by atoms with van der Waals surface area (Å²) in [6.07, 6.45) is 6.79. The molecule has 1 aliphatic rings. The molecular formula is C25H35N3O4S3. The van der Waals surface area contributed by atoms with E-state index < -0.39 is 10.7 Å². The number of rotatable bonds is 11. The SMILES string of the molecule is COc1ccccc1SCCCN(C(=O)Nc1ncc(SC(C)(C)C(=O)O)s1)[C@H]1CC[C@H](C)CC1. The van der Waals surface area contributed by atoms with Crippen LogP contribution in [-0.4, -0.2) is 57.2 Å². The smallest absolute Gasteiger partial charge is 0.323 e. The van der Waals surface area contributed by atoms with Crippen molar-refractivity contribution in [2.24, 2.45) is 5.92 Å². The molecule has 0 radical (unpaired) electrons. The lowest BCUT2D eigenvalue weighted by molar-refractivity contribution is -0.138. The van der Waals surface area contributed by atoms with E-state index in [2.05, 4.69) is 23.3 Å². The van der Waals surface area contributed by atoms with Crippen LogP contribution < -0.4 is 10.1 Å². The van der Waals surface area contributed by atoms with Gasteiger partial charge in [0.15, 0.2) is 5.13 Å². The van der Waals surface area contributed by atoms with Gasteiger partial charge in [-0.3, -0.25) is 10.1 Å². The van der Waals surface area contributed by atoms with Crippen molar-refractivity contribution in [1.29, 1.82) is 0 Å². The molecule has 1 aromatic carbocycles. The average molecular weight is 538 g/mol. The van der Waals surface area contributed by atoms with Crippen LogP contribution in [0.4, 0.5) is 9.93 Å². The molecule has 0 atom stereocenters. The molecule has 2 amide bonds. The monoisotopic (exact) mass is 537 g/mol. The van der Waals surface area contributed by atoms with E-state index in [9.17, 15) is 14.7 Å². The van der Waals surface area contributed by atoms with Crippen molar-refractivity contribution in [2.75, 3.05) is 24.7 Å². The first-order valence-electron chi connectivity index (χ1n) is 11.9. The van der Waals surface area contributed by atoms with Gasteiger partial charge in [-0.2, -0.15) is 0 Å². The summed E-state index contributed by atoms with van der Waals surface area (Å²) < 4.78 is 5.25. The summed E-state index contributed by atoms with van der Waals surface area (Å²) in [6, 6.07) is 8.08. The molecule has 35 heavy (non-hydrogen) atoms. The number of carboxylic acids is 1. The van der Waals surface area contributed by atoms with E-state index in [-0.39, 0.29) is 12.1 Å². The minimum atomic E-state index is -0.961. The van der Waals surface area contributed by atoms with Crippen molar-refractivity contribution in [3.05, 3.63) is 30.5 Å². The molecule has 10 heteroatoms. The second kappa shape index (κ2) is 12.9. The van der Waals surface area contributed by atoms with Crippen molar-refractivity contribution in [2.45, 2.75) is 72.8 Å². The number of thiazole rings is 1. The van der Waals surface area contributed by atoms with Crippen LogP contribution in [0.25, 0.3) is 0 Å². The zero-order chi connectivity index (χ0) is 25.4. The van der Waals surface area contributed by atoms with Gasteiger partial charge in [0.1, 0.15) is 10.5 Å². The predicted molar refractivity (Wildman–Crippen MR) is 145 cm³/mol. The number of hydrogen-bond acceptors (Lipinski definition) is 7. The molecule has 3 rings (SSSR count). The number of carboxylic acid groups (broad SMARTS) is 1. The number of anilines is 1. The number of carbonyl (C=O) groups is 2. The van der Waals surface area contributed by atoms with Crippen LogP contribution in [0.2, 0.25) is 0 Å². The first kappa shape index (κ1) is 27.7. The number of ether oxygens (including phenoxy) is 1. The molecule has 1 aromatic heterocycles. The molecule has 1 fully saturated rings. The van der Waals surface area contributed by atoms with Crippen LogP contribution in [0.1, 0.15) is 52.9 Å². The van der Waals surface area contributed by atoms with Gasteiger partial charge in [0, 0.05) is 17.5 Å². The van der Waals surface area contributed by atoms with Crippen molar-refractivity contribution in [3.8, 4) is 5.75 Å². The zero-order valence-corrected chi connectivity index (χ0v) is 23.2. The summed E-state index contributed by atoms with van der Waals surface area (Å²) in [5, 5.41) is 12.8. The molecule has 2 aromatic rings. The first-order valence-corrected chi connectivity index (χ1v) is 14.5. The summed E-state index contributed by atoms with van der Waals surface area (Å²) in [7, 11) is 1.68. The van der Waals surface area contributed by atoms with Gasteiger partial charge in [0.2, 0.25) is 0 Å². The third-order valence-electron chi connectivity index (χ3n) is 6.13. The number of hydrogen-bond donors (Lipinski definition) is 2. The number of carbonyl (C=O) groups excluding carboxylic acids is 1. The molecule has 0 spiro atoms. The summed E-state index contributed by atoms with van der Waals surface area (Å²) in [4.78, 5) is 32.1. The van der Waals surface area contributed by atoms with Gasteiger partial charge in [-0.15, -0.1) is 11.8 Å². The van der Waals surface area contributed by atoms with Gasteiger partial charge in [-0.1, -0.05) is 42.2 Å². The number of aliphatic carboxylic acids is 1. The molecule has 192 valence electrons. The van der Waals surface area contributed by atoms with Gasteiger partial charge >= 0.3 is 12.0 Å². The molecule has 0 unspecified atom stereocenters. The Morgan fingerprint density at radius 1 is 1.26 bits per heavy atom. The van der Waals surface area contributed by atoms with E-state index in [1.165, 1.54) is 23.1 Å². The Kier molecular flexibility index (Phi) is 10.2. The molecular weight excluding hydrogens is 502 g/mol. The summed E-state index contributed by atoms with van der Waals surface area (Å²) in [6.45, 7) is 6.27. The average Bonchev–Trinajstić information content (AvgIpc) is 3.25. The second-order valence-corrected chi connectivity index (χ2v) is 13.4. The number of urea groups is 1. The van der Waals surface area contributed by atoms with Gasteiger partial charge in [-0.25, -0.2) is 9.78 Å². The first-order chi connectivity index (χ1) is 16.7. The van der Waals surface area contributed by atoms with E-state index >= 15 is 0 Å². The number of thioether (sulfide) groups is 2. The number of para-hydroxylation sites is 1. The van der Waals surface area contributed by atoms with Crippen LogP contribution >= 0.6 is 34.9 Å². The molecule has 0 bridgehead atoms. The summed E-state index contributed by atoms with van der Waals surface area (Å²) >= 11 is 4.29. The number of benzene rings is 1. The standard InChI is InChI=1S/C25H35N3O4S3/c1-17-10-12-18(13-11-17)28(14-7-15-33-20-9-6-5-8-19(20)32-4)24(31)27-23-26-16-21(34-23)35-25(2,3)22(29)30/h5-6,8-9,16-18H,7,10-15H2,1-4H3,(H,29,30)(H,26,27,31)/t17-,18-. The zero-order valence-electron chi connectivity index (χ0n) is 20.8. The highest BCUT2D eigenvalue weighted by Crippen LogP contribution is 2.38. The highest BCUT2D eigenvalue weighted by atomic mass is 32.2. The molecule has 0 aliphatic heterocycles. The van der Waals surface area contributed by atoms with Crippen LogP contribution in [-0.2, 0) is 4.79 Å². The van der Waals surface area contributed by atoms with Crippen molar-refractivity contribution in [1.82, 2.24) is 9.88 Å². The van der Waals surface area contributed by atoms with Crippen molar-refractivity contribution >= 4 is 52.0 Å². The summed E-state index contributed by atoms with van der Waals surface area (Å²) in [5.74, 6) is 1.57. The number of nitrogens with one attached hydrogen (secondary N) is 1.